The highest BCUT2D eigenvalue weighted by molar-refractivity contribution is 6.32. The molecule has 0 saturated carbocycles. The van der Waals surface area contributed by atoms with Crippen LogP contribution in [0, 0.1) is 17.4 Å². The molecule has 3 rings (SSSR count). The molecule has 6 heteroatoms. The summed E-state index contributed by atoms with van der Waals surface area (Å²) in [5.41, 5.74) is 1.82. The van der Waals surface area contributed by atoms with Gasteiger partial charge >= 0.3 is 0 Å². The molecule has 24 heavy (non-hydrogen) atoms. The first-order valence-electron chi connectivity index (χ1n) is 8.11. The molecule has 1 aliphatic heterocycles. The monoisotopic (exact) mass is 341 g/mol. The van der Waals surface area contributed by atoms with Gasteiger partial charge in [-0.05, 0) is 24.3 Å². The lowest BCUT2D eigenvalue weighted by Crippen LogP contribution is -2.34. The Labute approximate surface area is 147 Å². The summed E-state index contributed by atoms with van der Waals surface area (Å²) in [6.07, 6.45) is 4.28. The number of hydrogen-bond donors (Lipinski definition) is 0. The Morgan fingerprint density at radius 3 is 2.50 bits per heavy atom. The quantitative estimate of drug-likeness (QED) is 0.480. The van der Waals surface area contributed by atoms with E-state index >= 15 is 0 Å². The van der Waals surface area contributed by atoms with Crippen LogP contribution in [0.15, 0.2) is 30.3 Å². The topological polar surface area (TPSA) is 56.1 Å². The minimum atomic E-state index is 0.329. The van der Waals surface area contributed by atoms with E-state index < -0.39 is 0 Å². The Kier molecular flexibility index (Phi) is 4.86. The number of hydrogen-bond acceptors (Lipinski definition) is 5. The second kappa shape index (κ2) is 7.06. The largest absolute Gasteiger partial charge is 0.356 e. The third-order valence-electron chi connectivity index (χ3n) is 4.43. The van der Waals surface area contributed by atoms with E-state index in [-0.39, 0.29) is 0 Å². The van der Waals surface area contributed by atoms with Crippen molar-refractivity contribution in [2.24, 2.45) is 5.92 Å². The molecule has 0 aliphatic carbocycles. The van der Waals surface area contributed by atoms with Crippen molar-refractivity contribution in [3.63, 3.8) is 0 Å². The van der Waals surface area contributed by atoms with E-state index in [2.05, 4.69) is 21.8 Å². The molecule has 0 N–H and O–H groups in total. The van der Waals surface area contributed by atoms with Crippen LogP contribution in [-0.2, 0) is 0 Å². The Hall–Kier alpha value is -2.32. The van der Waals surface area contributed by atoms with E-state index in [0.717, 1.165) is 48.8 Å². The summed E-state index contributed by atoms with van der Waals surface area (Å²) in [7, 11) is 1.63. The lowest BCUT2D eigenvalue weighted by molar-refractivity contribution is 0.437. The first-order chi connectivity index (χ1) is 11.6. The predicted molar refractivity (Wildman–Crippen MR) is 97.1 cm³/mol. The fourth-order valence-corrected chi connectivity index (χ4v) is 3.18. The third kappa shape index (κ3) is 3.29. The van der Waals surface area contributed by atoms with Gasteiger partial charge in [-0.3, -0.25) is 4.90 Å². The molecule has 2 aromatic rings. The van der Waals surface area contributed by atoms with Crippen molar-refractivity contribution in [3.8, 4) is 17.3 Å². The van der Waals surface area contributed by atoms with E-state index in [4.69, 9.17) is 16.9 Å². The molecular weight excluding hydrogens is 322 g/mol. The van der Waals surface area contributed by atoms with Crippen LogP contribution < -0.4 is 9.80 Å². The smallest absolute Gasteiger partial charge is 0.241 e. The molecule has 1 saturated heterocycles. The predicted octanol–water partition coefficient (Wildman–Crippen LogP) is 3.95. The molecule has 0 unspecified atom stereocenters. The Bertz CT molecular complexity index is 748. The van der Waals surface area contributed by atoms with Crippen LogP contribution in [0.1, 0.15) is 19.8 Å². The van der Waals surface area contributed by atoms with Gasteiger partial charge in [-0.2, -0.15) is 15.2 Å². The molecule has 1 aromatic heterocycles. The van der Waals surface area contributed by atoms with Gasteiger partial charge in [-0.25, -0.2) is 0 Å². The molecule has 0 amide bonds. The van der Waals surface area contributed by atoms with E-state index in [1.165, 1.54) is 4.90 Å². The second-order valence-electron chi connectivity index (χ2n) is 6.21. The molecule has 0 spiro atoms. The molecule has 124 valence electrons. The molecule has 0 radical (unpaired) electrons. The van der Waals surface area contributed by atoms with Gasteiger partial charge in [0.25, 0.3) is 0 Å². The molecule has 1 aliphatic rings. The number of benzene rings is 1. The van der Waals surface area contributed by atoms with Crippen molar-refractivity contribution in [2.45, 2.75) is 19.8 Å². The standard InChI is InChI=1S/C18H20ClN5/c1-13-8-10-24(11-9-13)17-15(14-6-4-3-5-7-14)16(19)21-18(22-17)23(2)12-20/h3-7,13H,8-11H2,1-2H3. The van der Waals surface area contributed by atoms with Crippen LogP contribution in [0.2, 0.25) is 5.15 Å². The summed E-state index contributed by atoms with van der Waals surface area (Å²) >= 11 is 6.50. The van der Waals surface area contributed by atoms with E-state index in [1.54, 1.807) is 7.05 Å². The summed E-state index contributed by atoms with van der Waals surface area (Å²) in [6, 6.07) is 9.94. The van der Waals surface area contributed by atoms with Crippen LogP contribution in [0.4, 0.5) is 11.8 Å². The number of nitriles is 1. The van der Waals surface area contributed by atoms with Gasteiger partial charge in [0.1, 0.15) is 11.0 Å². The van der Waals surface area contributed by atoms with Crippen molar-refractivity contribution >= 4 is 23.4 Å². The van der Waals surface area contributed by atoms with Gasteiger partial charge in [0.2, 0.25) is 5.95 Å². The highest BCUT2D eigenvalue weighted by atomic mass is 35.5. The van der Waals surface area contributed by atoms with Crippen molar-refractivity contribution in [2.75, 3.05) is 29.9 Å². The van der Waals surface area contributed by atoms with Gasteiger partial charge in [0.05, 0.1) is 5.56 Å². The average molecular weight is 342 g/mol. The zero-order chi connectivity index (χ0) is 17.1. The summed E-state index contributed by atoms with van der Waals surface area (Å²) < 4.78 is 0. The summed E-state index contributed by atoms with van der Waals surface area (Å²) in [6.45, 7) is 4.14. The first-order valence-corrected chi connectivity index (χ1v) is 8.49. The minimum Gasteiger partial charge on any atom is -0.356 e. The number of nitrogens with zero attached hydrogens (tertiary/aromatic N) is 5. The molecule has 1 fully saturated rings. The molecule has 1 aromatic carbocycles. The van der Waals surface area contributed by atoms with Gasteiger partial charge < -0.3 is 4.90 Å². The SMILES string of the molecule is CC1CCN(c2nc(N(C)C#N)nc(Cl)c2-c2ccccc2)CC1. The fourth-order valence-electron chi connectivity index (χ4n) is 2.91. The van der Waals surface area contributed by atoms with E-state index in [9.17, 15) is 0 Å². The van der Waals surface area contributed by atoms with Gasteiger partial charge in [-0.15, -0.1) is 0 Å². The van der Waals surface area contributed by atoms with Gasteiger partial charge in [-0.1, -0.05) is 48.9 Å². The average Bonchev–Trinajstić information content (AvgIpc) is 2.61. The van der Waals surface area contributed by atoms with Crippen molar-refractivity contribution in [1.82, 2.24) is 9.97 Å². The van der Waals surface area contributed by atoms with E-state index in [0.29, 0.717) is 11.1 Å². The number of piperidine rings is 1. The van der Waals surface area contributed by atoms with Crippen LogP contribution in [0.3, 0.4) is 0 Å². The van der Waals surface area contributed by atoms with Crippen LogP contribution >= 0.6 is 11.6 Å². The van der Waals surface area contributed by atoms with Crippen molar-refractivity contribution < 1.29 is 0 Å². The zero-order valence-electron chi connectivity index (χ0n) is 13.9. The minimum absolute atomic E-state index is 0.329. The molecule has 2 heterocycles. The Morgan fingerprint density at radius 2 is 1.88 bits per heavy atom. The lowest BCUT2D eigenvalue weighted by atomic mass is 9.98. The van der Waals surface area contributed by atoms with Crippen LogP contribution in [-0.4, -0.2) is 30.1 Å². The maximum Gasteiger partial charge on any atom is 0.241 e. The maximum atomic E-state index is 9.14. The van der Waals surface area contributed by atoms with Gasteiger partial charge in [0.15, 0.2) is 6.19 Å². The fraction of sp³-hybridized carbons (Fsp3) is 0.389. The van der Waals surface area contributed by atoms with Crippen LogP contribution in [0.5, 0.6) is 0 Å². The summed E-state index contributed by atoms with van der Waals surface area (Å²) in [4.78, 5) is 12.6. The summed E-state index contributed by atoms with van der Waals surface area (Å²) in [5.74, 6) is 1.86. The van der Waals surface area contributed by atoms with Crippen molar-refractivity contribution in [1.29, 1.82) is 5.26 Å². The van der Waals surface area contributed by atoms with Gasteiger partial charge in [0, 0.05) is 20.1 Å². The van der Waals surface area contributed by atoms with Crippen LogP contribution in [0.25, 0.3) is 11.1 Å². The lowest BCUT2D eigenvalue weighted by Gasteiger charge is -2.33. The molecular formula is C18H20ClN5. The molecule has 0 bridgehead atoms. The zero-order valence-corrected chi connectivity index (χ0v) is 14.7. The maximum absolute atomic E-state index is 9.14. The Balaban J connectivity index is 2.11. The normalized spacial score (nSPS) is 15.2. The second-order valence-corrected chi connectivity index (χ2v) is 6.57. The molecule has 5 nitrogen and oxygen atoms in total. The van der Waals surface area contributed by atoms with Crippen molar-refractivity contribution in [3.05, 3.63) is 35.5 Å². The highest BCUT2D eigenvalue weighted by Crippen LogP contribution is 2.37. The number of aromatic nitrogens is 2. The highest BCUT2D eigenvalue weighted by Gasteiger charge is 2.24. The first kappa shape index (κ1) is 16.5. The third-order valence-corrected chi connectivity index (χ3v) is 4.70. The molecule has 0 atom stereocenters. The summed E-state index contributed by atoms with van der Waals surface area (Å²) in [5, 5.41) is 9.52. The number of rotatable bonds is 3. The number of halogens is 1. The Morgan fingerprint density at radius 1 is 1.21 bits per heavy atom. The van der Waals surface area contributed by atoms with E-state index in [1.807, 2.05) is 36.5 Å². The number of anilines is 2.